The third kappa shape index (κ3) is 5.52. The number of rotatable bonds is 7. The smallest absolute Gasteiger partial charge is 0.340 e. The average molecular weight is 411 g/mol. The van der Waals surface area contributed by atoms with Crippen LogP contribution in [-0.4, -0.2) is 75.7 Å². The molecule has 0 aromatic heterocycles. The molecule has 28 heavy (non-hydrogen) atoms. The van der Waals surface area contributed by atoms with Gasteiger partial charge in [0.2, 0.25) is 15.9 Å². The Bertz CT molecular complexity index is 831. The number of amides is 2. The van der Waals surface area contributed by atoms with Crippen molar-refractivity contribution < 1.29 is 27.5 Å². The summed E-state index contributed by atoms with van der Waals surface area (Å²) in [6.07, 6.45) is 2.52. The van der Waals surface area contributed by atoms with E-state index in [0.717, 1.165) is 19.3 Å². The standard InChI is InChI=1S/C18H25N3O6S/c1-20(2)17(23)12-19-16(22)13-27-18(24)14-8-4-5-9-15(14)28(25,26)21-10-6-3-7-11-21/h4-5,8-9H,3,6-7,10-13H2,1-2H3,(H,19,22). The number of nitrogens with zero attached hydrogens (tertiary/aromatic N) is 2. The normalized spacial score (nSPS) is 14.9. The number of sulfonamides is 1. The summed E-state index contributed by atoms with van der Waals surface area (Å²) >= 11 is 0. The van der Waals surface area contributed by atoms with Gasteiger partial charge in [0.1, 0.15) is 0 Å². The topological polar surface area (TPSA) is 113 Å². The molecule has 1 aliphatic heterocycles. The first-order valence-electron chi connectivity index (χ1n) is 8.96. The molecule has 0 saturated carbocycles. The monoisotopic (exact) mass is 411 g/mol. The SMILES string of the molecule is CN(C)C(=O)CNC(=O)COC(=O)c1ccccc1S(=O)(=O)N1CCCCC1. The molecule has 2 rings (SSSR count). The van der Waals surface area contributed by atoms with Gasteiger partial charge in [0, 0.05) is 27.2 Å². The van der Waals surface area contributed by atoms with Gasteiger partial charge in [0.15, 0.2) is 6.61 Å². The lowest BCUT2D eigenvalue weighted by Gasteiger charge is -2.26. The Balaban J connectivity index is 2.04. The van der Waals surface area contributed by atoms with Gasteiger partial charge in [-0.15, -0.1) is 0 Å². The van der Waals surface area contributed by atoms with Crippen LogP contribution in [0.15, 0.2) is 29.2 Å². The number of piperidine rings is 1. The van der Waals surface area contributed by atoms with Crippen LogP contribution >= 0.6 is 0 Å². The molecule has 1 aliphatic rings. The van der Waals surface area contributed by atoms with Gasteiger partial charge < -0.3 is 15.0 Å². The van der Waals surface area contributed by atoms with Gasteiger partial charge in [0.25, 0.3) is 5.91 Å². The molecule has 0 spiro atoms. The number of benzene rings is 1. The van der Waals surface area contributed by atoms with E-state index in [1.165, 1.54) is 33.5 Å². The highest BCUT2D eigenvalue weighted by molar-refractivity contribution is 7.89. The van der Waals surface area contributed by atoms with Gasteiger partial charge in [0.05, 0.1) is 17.0 Å². The molecule has 1 fully saturated rings. The zero-order valence-corrected chi connectivity index (χ0v) is 16.8. The molecule has 1 aromatic rings. The maximum Gasteiger partial charge on any atom is 0.340 e. The Hall–Kier alpha value is -2.46. The van der Waals surface area contributed by atoms with Crippen LogP contribution in [-0.2, 0) is 24.3 Å². The number of nitrogens with one attached hydrogen (secondary N) is 1. The van der Waals surface area contributed by atoms with Crippen molar-refractivity contribution in [2.45, 2.75) is 24.2 Å². The number of hydrogen-bond acceptors (Lipinski definition) is 6. The predicted molar refractivity (Wildman–Crippen MR) is 101 cm³/mol. The van der Waals surface area contributed by atoms with Crippen LogP contribution in [0.25, 0.3) is 0 Å². The molecular formula is C18H25N3O6S. The third-order valence-electron chi connectivity index (χ3n) is 4.31. The Morgan fingerprint density at radius 3 is 2.39 bits per heavy atom. The molecule has 0 atom stereocenters. The summed E-state index contributed by atoms with van der Waals surface area (Å²) in [7, 11) is -0.726. The zero-order valence-electron chi connectivity index (χ0n) is 16.0. The zero-order chi connectivity index (χ0) is 20.7. The van der Waals surface area contributed by atoms with Gasteiger partial charge in [-0.3, -0.25) is 9.59 Å². The highest BCUT2D eigenvalue weighted by Gasteiger charge is 2.30. The average Bonchev–Trinajstić information content (AvgIpc) is 2.70. The summed E-state index contributed by atoms with van der Waals surface area (Å²) in [5, 5.41) is 2.33. The molecule has 0 aliphatic carbocycles. The lowest BCUT2D eigenvalue weighted by atomic mass is 10.2. The largest absolute Gasteiger partial charge is 0.452 e. The molecule has 10 heteroatoms. The quantitative estimate of drug-likeness (QED) is 0.643. The third-order valence-corrected chi connectivity index (χ3v) is 6.27. The van der Waals surface area contributed by atoms with E-state index < -0.39 is 28.5 Å². The molecule has 0 bridgehead atoms. The lowest BCUT2D eigenvalue weighted by molar-refractivity contribution is -0.131. The second-order valence-electron chi connectivity index (χ2n) is 6.60. The molecule has 0 unspecified atom stereocenters. The van der Waals surface area contributed by atoms with Crippen LogP contribution < -0.4 is 5.32 Å². The minimum atomic E-state index is -3.83. The van der Waals surface area contributed by atoms with Crippen molar-refractivity contribution in [2.24, 2.45) is 0 Å². The van der Waals surface area contributed by atoms with E-state index in [2.05, 4.69) is 5.32 Å². The molecule has 1 saturated heterocycles. The first-order valence-corrected chi connectivity index (χ1v) is 10.4. The van der Waals surface area contributed by atoms with Gasteiger partial charge in [-0.05, 0) is 25.0 Å². The molecule has 1 heterocycles. The van der Waals surface area contributed by atoms with Crippen molar-refractivity contribution in [2.75, 3.05) is 40.3 Å². The number of carbonyl (C=O) groups is 3. The maximum atomic E-state index is 12.9. The van der Waals surface area contributed by atoms with E-state index in [0.29, 0.717) is 13.1 Å². The van der Waals surface area contributed by atoms with Crippen LogP contribution in [0.2, 0.25) is 0 Å². The fraction of sp³-hybridized carbons (Fsp3) is 0.500. The van der Waals surface area contributed by atoms with Crippen molar-refractivity contribution in [1.82, 2.24) is 14.5 Å². The predicted octanol–water partition coefficient (Wildman–Crippen LogP) is 0.222. The first-order chi connectivity index (χ1) is 13.2. The second kappa shape index (κ2) is 9.65. The second-order valence-corrected chi connectivity index (χ2v) is 8.51. The summed E-state index contributed by atoms with van der Waals surface area (Å²) in [5.41, 5.74) is -0.120. The first kappa shape index (κ1) is 21.8. The van der Waals surface area contributed by atoms with Crippen molar-refractivity contribution in [3.8, 4) is 0 Å². The van der Waals surface area contributed by atoms with Crippen molar-refractivity contribution in [3.63, 3.8) is 0 Å². The van der Waals surface area contributed by atoms with E-state index >= 15 is 0 Å². The van der Waals surface area contributed by atoms with E-state index in [1.807, 2.05) is 0 Å². The Morgan fingerprint density at radius 2 is 1.75 bits per heavy atom. The van der Waals surface area contributed by atoms with Gasteiger partial charge in [-0.2, -0.15) is 4.31 Å². The minimum Gasteiger partial charge on any atom is -0.452 e. The van der Waals surface area contributed by atoms with Crippen LogP contribution in [0, 0.1) is 0 Å². The highest BCUT2D eigenvalue weighted by atomic mass is 32.2. The lowest BCUT2D eigenvalue weighted by Crippen LogP contribution is -2.38. The molecule has 154 valence electrons. The number of ether oxygens (including phenoxy) is 1. The Morgan fingerprint density at radius 1 is 1.11 bits per heavy atom. The van der Waals surface area contributed by atoms with Crippen LogP contribution in [0.3, 0.4) is 0 Å². The van der Waals surface area contributed by atoms with E-state index in [1.54, 1.807) is 14.1 Å². The minimum absolute atomic E-state index is 0.120. The molecule has 1 N–H and O–H groups in total. The number of likely N-dealkylation sites (N-methyl/N-ethyl adjacent to an activating group) is 1. The summed E-state index contributed by atoms with van der Waals surface area (Å²) in [6, 6.07) is 5.78. The maximum absolute atomic E-state index is 12.9. The molecule has 0 radical (unpaired) electrons. The summed E-state index contributed by atoms with van der Waals surface area (Å²) in [4.78, 5) is 36.8. The van der Waals surface area contributed by atoms with Gasteiger partial charge in [-0.25, -0.2) is 13.2 Å². The number of hydrogen-bond donors (Lipinski definition) is 1. The van der Waals surface area contributed by atoms with Crippen LogP contribution in [0.4, 0.5) is 0 Å². The van der Waals surface area contributed by atoms with Crippen molar-refractivity contribution in [1.29, 1.82) is 0 Å². The van der Waals surface area contributed by atoms with Crippen molar-refractivity contribution in [3.05, 3.63) is 29.8 Å². The van der Waals surface area contributed by atoms with Crippen molar-refractivity contribution >= 4 is 27.8 Å². The molecule has 1 aromatic carbocycles. The van der Waals surface area contributed by atoms with Gasteiger partial charge in [-0.1, -0.05) is 18.6 Å². The summed E-state index contributed by atoms with van der Waals surface area (Å²) < 4.78 is 32.1. The van der Waals surface area contributed by atoms with E-state index in [-0.39, 0.29) is 22.9 Å². The fourth-order valence-electron chi connectivity index (χ4n) is 2.70. The summed E-state index contributed by atoms with van der Waals surface area (Å²) in [6.45, 7) is -0.0109. The Labute approximate surface area is 164 Å². The fourth-order valence-corrected chi connectivity index (χ4v) is 4.39. The summed E-state index contributed by atoms with van der Waals surface area (Å²) in [5.74, 6) is -1.87. The van der Waals surface area contributed by atoms with E-state index in [4.69, 9.17) is 4.74 Å². The van der Waals surface area contributed by atoms with E-state index in [9.17, 15) is 22.8 Å². The van der Waals surface area contributed by atoms with Crippen LogP contribution in [0.1, 0.15) is 29.6 Å². The van der Waals surface area contributed by atoms with Gasteiger partial charge >= 0.3 is 5.97 Å². The molecule has 9 nitrogen and oxygen atoms in total. The van der Waals surface area contributed by atoms with Crippen LogP contribution in [0.5, 0.6) is 0 Å². The number of carbonyl (C=O) groups excluding carboxylic acids is 3. The molecular weight excluding hydrogens is 386 g/mol. The highest BCUT2D eigenvalue weighted by Crippen LogP contribution is 2.24. The molecule has 2 amide bonds. The number of esters is 1. The Kier molecular flexibility index (Phi) is 7.53.